The number of nitrogens with two attached hydrogens (primary N) is 1. The first-order valence-corrected chi connectivity index (χ1v) is 12.1. The molecule has 1 aliphatic heterocycles. The number of aliphatic hydroxyl groups is 1. The zero-order valence-corrected chi connectivity index (χ0v) is 19.9. The molecule has 0 saturated heterocycles. The lowest BCUT2D eigenvalue weighted by molar-refractivity contribution is -0.121. The molecule has 0 radical (unpaired) electrons. The van der Waals surface area contributed by atoms with Gasteiger partial charge in [-0.1, -0.05) is 12.1 Å². The number of aromatic amines is 1. The highest BCUT2D eigenvalue weighted by Gasteiger charge is 2.29. The molecule has 5 rings (SSSR count). The number of aryl methyl sites for hydroxylation is 1. The maximum Gasteiger partial charge on any atom is 0.253 e. The number of primary amides is 1. The van der Waals surface area contributed by atoms with Crippen molar-refractivity contribution in [2.45, 2.75) is 63.7 Å². The van der Waals surface area contributed by atoms with Crippen LogP contribution >= 0.6 is 0 Å². The van der Waals surface area contributed by atoms with Gasteiger partial charge in [-0.2, -0.15) is 0 Å². The number of anilines is 1. The Balaban J connectivity index is 1.41. The third-order valence-corrected chi connectivity index (χ3v) is 7.01. The van der Waals surface area contributed by atoms with Crippen LogP contribution in [0.5, 0.6) is 0 Å². The Morgan fingerprint density at radius 3 is 2.80 bits per heavy atom. The Morgan fingerprint density at radius 1 is 1.26 bits per heavy atom. The Morgan fingerprint density at radius 2 is 2.06 bits per heavy atom. The predicted octanol–water partition coefficient (Wildman–Crippen LogP) is 1.90. The number of hydrogen-bond acceptors (Lipinski definition) is 7. The SMILES string of the molecule is Cc1nc2cccc(-c3cc4c([nH]3)[C@@H](C)NC4=O)c2nc1N[C@H]1CCC[C@@H](N[C@H](CO)C(N)=O)C1. The maximum atomic E-state index is 12.2. The summed E-state index contributed by atoms with van der Waals surface area (Å²) >= 11 is 0. The molecule has 3 aromatic rings. The minimum Gasteiger partial charge on any atom is -0.394 e. The molecule has 2 aliphatic rings. The van der Waals surface area contributed by atoms with Crippen molar-refractivity contribution in [1.29, 1.82) is 0 Å². The fourth-order valence-electron chi connectivity index (χ4n) is 5.19. The summed E-state index contributed by atoms with van der Waals surface area (Å²) in [6.07, 6.45) is 3.64. The van der Waals surface area contributed by atoms with Gasteiger partial charge in [0.05, 0.1) is 35.1 Å². The normalized spacial score (nSPS) is 22.6. The summed E-state index contributed by atoms with van der Waals surface area (Å²) in [4.78, 5) is 36.9. The van der Waals surface area contributed by atoms with Gasteiger partial charge < -0.3 is 31.8 Å². The van der Waals surface area contributed by atoms with Crippen molar-refractivity contribution >= 4 is 28.7 Å². The lowest BCUT2D eigenvalue weighted by atomic mass is 9.90. The van der Waals surface area contributed by atoms with E-state index >= 15 is 0 Å². The number of benzene rings is 1. The molecular weight excluding hydrogens is 446 g/mol. The zero-order chi connectivity index (χ0) is 24.7. The number of nitrogens with zero attached hydrogens (tertiary/aromatic N) is 2. The Kier molecular flexibility index (Phi) is 6.16. The molecule has 2 aromatic heterocycles. The average Bonchev–Trinajstić information content (AvgIpc) is 3.38. The predicted molar refractivity (Wildman–Crippen MR) is 133 cm³/mol. The van der Waals surface area contributed by atoms with E-state index in [9.17, 15) is 14.7 Å². The standard InChI is InChI=1S/C25H31N7O3/c1-12-21-17(25(35)28-12)10-19(31-21)16-7-4-8-18-22(16)32-24(13(2)27-18)30-15-6-3-5-14(9-15)29-20(11-33)23(26)34/h4,7-8,10,12,14-15,20,29,31,33H,3,5-6,9,11H2,1-2H3,(H2,26,34)(H,28,35)(H,30,32)/t12-,14-,15+,20-/m1/s1. The molecule has 3 heterocycles. The third-order valence-electron chi connectivity index (χ3n) is 7.01. The molecule has 7 N–H and O–H groups in total. The first-order valence-electron chi connectivity index (χ1n) is 12.1. The van der Waals surface area contributed by atoms with Crippen LogP contribution in [0.4, 0.5) is 5.82 Å². The van der Waals surface area contributed by atoms with Gasteiger partial charge in [-0.05, 0) is 51.7 Å². The van der Waals surface area contributed by atoms with Crippen LogP contribution in [0, 0.1) is 6.92 Å². The van der Waals surface area contributed by atoms with Gasteiger partial charge in [-0.25, -0.2) is 9.97 Å². The molecular formula is C25H31N7O3. The number of H-pyrrole nitrogens is 1. The lowest BCUT2D eigenvalue weighted by Gasteiger charge is -2.32. The van der Waals surface area contributed by atoms with Gasteiger partial charge in [0.2, 0.25) is 5.91 Å². The number of carbonyl (C=O) groups is 2. The van der Waals surface area contributed by atoms with E-state index in [0.717, 1.165) is 65.2 Å². The number of fused-ring (bicyclic) bond motifs is 2. The molecule has 10 heteroatoms. The van der Waals surface area contributed by atoms with E-state index in [4.69, 9.17) is 15.7 Å². The van der Waals surface area contributed by atoms with E-state index in [1.54, 1.807) is 0 Å². The van der Waals surface area contributed by atoms with Crippen LogP contribution in [0.25, 0.3) is 22.3 Å². The number of rotatable bonds is 7. The minimum atomic E-state index is -0.740. The van der Waals surface area contributed by atoms with Gasteiger partial charge in [0.25, 0.3) is 5.91 Å². The number of nitrogens with one attached hydrogen (secondary N) is 4. The van der Waals surface area contributed by atoms with Crippen LogP contribution in [-0.4, -0.2) is 56.6 Å². The van der Waals surface area contributed by atoms with Crippen molar-refractivity contribution in [1.82, 2.24) is 25.6 Å². The maximum absolute atomic E-state index is 12.2. The average molecular weight is 478 g/mol. The quantitative estimate of drug-likeness (QED) is 0.303. The molecule has 35 heavy (non-hydrogen) atoms. The van der Waals surface area contributed by atoms with Crippen LogP contribution in [-0.2, 0) is 4.79 Å². The molecule has 1 saturated carbocycles. The summed E-state index contributed by atoms with van der Waals surface area (Å²) in [7, 11) is 0. The number of aliphatic hydroxyl groups excluding tert-OH is 1. The second-order valence-electron chi connectivity index (χ2n) is 9.55. The van der Waals surface area contributed by atoms with E-state index in [2.05, 4.69) is 20.9 Å². The fraction of sp³-hybridized carbons (Fsp3) is 0.440. The largest absolute Gasteiger partial charge is 0.394 e. The van der Waals surface area contributed by atoms with Crippen LogP contribution in [0.1, 0.15) is 60.4 Å². The van der Waals surface area contributed by atoms with Crippen molar-refractivity contribution < 1.29 is 14.7 Å². The highest BCUT2D eigenvalue weighted by atomic mass is 16.3. The molecule has 2 amide bonds. The summed E-state index contributed by atoms with van der Waals surface area (Å²) in [5.41, 5.74) is 11.0. The third kappa shape index (κ3) is 4.46. The van der Waals surface area contributed by atoms with Gasteiger partial charge >= 0.3 is 0 Å². The summed E-state index contributed by atoms with van der Waals surface area (Å²) < 4.78 is 0. The molecule has 4 atom stereocenters. The Hall–Kier alpha value is -3.50. The van der Waals surface area contributed by atoms with E-state index in [1.807, 2.05) is 38.1 Å². The van der Waals surface area contributed by atoms with E-state index in [0.29, 0.717) is 5.56 Å². The first-order chi connectivity index (χ1) is 16.8. The van der Waals surface area contributed by atoms with Crippen LogP contribution in [0.15, 0.2) is 24.3 Å². The van der Waals surface area contributed by atoms with E-state index in [1.165, 1.54) is 0 Å². The molecule has 1 fully saturated rings. The molecule has 0 spiro atoms. The second kappa shape index (κ2) is 9.27. The van der Waals surface area contributed by atoms with Gasteiger partial charge in [0, 0.05) is 23.3 Å². The van der Waals surface area contributed by atoms with E-state index in [-0.39, 0.29) is 30.6 Å². The Labute approximate surface area is 203 Å². The van der Waals surface area contributed by atoms with Gasteiger partial charge in [-0.3, -0.25) is 9.59 Å². The zero-order valence-electron chi connectivity index (χ0n) is 19.9. The first kappa shape index (κ1) is 23.3. The molecule has 10 nitrogen and oxygen atoms in total. The van der Waals surface area contributed by atoms with Crippen molar-refractivity contribution in [3.63, 3.8) is 0 Å². The topological polar surface area (TPSA) is 158 Å². The van der Waals surface area contributed by atoms with Crippen molar-refractivity contribution in [2.75, 3.05) is 11.9 Å². The summed E-state index contributed by atoms with van der Waals surface area (Å²) in [5.74, 6) is 0.0997. The number of para-hydroxylation sites is 1. The number of hydrogen-bond donors (Lipinski definition) is 6. The van der Waals surface area contributed by atoms with Gasteiger partial charge in [-0.15, -0.1) is 0 Å². The minimum absolute atomic E-state index is 0.0559. The highest BCUT2D eigenvalue weighted by Crippen LogP contribution is 2.33. The summed E-state index contributed by atoms with van der Waals surface area (Å²) in [6, 6.07) is 7.17. The smallest absolute Gasteiger partial charge is 0.253 e. The fourth-order valence-corrected chi connectivity index (χ4v) is 5.19. The van der Waals surface area contributed by atoms with Crippen LogP contribution < -0.4 is 21.7 Å². The van der Waals surface area contributed by atoms with Crippen LogP contribution in [0.2, 0.25) is 0 Å². The van der Waals surface area contributed by atoms with Crippen molar-refractivity contribution in [3.05, 3.63) is 41.2 Å². The van der Waals surface area contributed by atoms with Gasteiger partial charge in [0.15, 0.2) is 0 Å². The second-order valence-corrected chi connectivity index (χ2v) is 9.55. The van der Waals surface area contributed by atoms with Crippen molar-refractivity contribution in [3.8, 4) is 11.3 Å². The number of carbonyl (C=O) groups excluding carboxylic acids is 2. The van der Waals surface area contributed by atoms with Crippen LogP contribution in [0.3, 0.4) is 0 Å². The lowest BCUT2D eigenvalue weighted by Crippen LogP contribution is -2.51. The highest BCUT2D eigenvalue weighted by molar-refractivity contribution is 6.01. The molecule has 184 valence electrons. The summed E-state index contributed by atoms with van der Waals surface area (Å²) in [6.45, 7) is 3.57. The molecule has 1 aromatic carbocycles. The number of amides is 2. The molecule has 1 aliphatic carbocycles. The van der Waals surface area contributed by atoms with Crippen molar-refractivity contribution in [2.24, 2.45) is 5.73 Å². The molecule has 0 bridgehead atoms. The summed E-state index contributed by atoms with van der Waals surface area (Å²) in [5, 5.41) is 19.1. The Bertz CT molecular complexity index is 1290. The molecule has 0 unspecified atom stereocenters. The van der Waals surface area contributed by atoms with E-state index < -0.39 is 11.9 Å². The monoisotopic (exact) mass is 477 g/mol. The van der Waals surface area contributed by atoms with Gasteiger partial charge in [0.1, 0.15) is 17.4 Å². The number of aromatic nitrogens is 3.